The van der Waals surface area contributed by atoms with E-state index in [1.54, 1.807) is 6.07 Å². The number of hydrogen-bond acceptors (Lipinski definition) is 5. The highest BCUT2D eigenvalue weighted by Crippen LogP contribution is 2.19. The predicted molar refractivity (Wildman–Crippen MR) is 80.4 cm³/mol. The zero-order valence-corrected chi connectivity index (χ0v) is 13.6. The molecule has 0 aliphatic rings. The van der Waals surface area contributed by atoms with Gasteiger partial charge in [-0.3, -0.25) is 4.79 Å². The van der Waals surface area contributed by atoms with Crippen molar-refractivity contribution in [2.45, 2.75) is 17.6 Å². The van der Waals surface area contributed by atoms with Gasteiger partial charge in [0.1, 0.15) is 4.21 Å². The second kappa shape index (κ2) is 7.72. The molecule has 1 heterocycles. The topological polar surface area (TPSA) is 78.5 Å². The van der Waals surface area contributed by atoms with E-state index in [0.29, 0.717) is 6.54 Å². The van der Waals surface area contributed by atoms with Gasteiger partial charge in [-0.2, -0.15) is 0 Å². The lowest BCUT2D eigenvalue weighted by Gasteiger charge is -2.10. The van der Waals surface area contributed by atoms with E-state index >= 15 is 0 Å². The number of nitrogens with zero attached hydrogens (tertiary/aromatic N) is 1. The van der Waals surface area contributed by atoms with Crippen LogP contribution in [0.5, 0.6) is 0 Å². The molecular weight excluding hydrogens is 298 g/mol. The Bertz CT molecular complexity index is 538. The van der Waals surface area contributed by atoms with Gasteiger partial charge < -0.3 is 10.2 Å². The van der Waals surface area contributed by atoms with Crippen LogP contribution >= 0.6 is 11.3 Å². The van der Waals surface area contributed by atoms with Crippen molar-refractivity contribution in [1.82, 2.24) is 14.9 Å². The zero-order valence-electron chi connectivity index (χ0n) is 12.0. The third-order valence-electron chi connectivity index (χ3n) is 2.51. The van der Waals surface area contributed by atoms with Crippen LogP contribution in [0.3, 0.4) is 0 Å². The Morgan fingerprint density at radius 1 is 1.35 bits per heavy atom. The van der Waals surface area contributed by atoms with Crippen molar-refractivity contribution in [3.63, 3.8) is 0 Å². The molecule has 0 saturated carbocycles. The SMILES string of the molecule is Cc1ccc(S(=O)(=O)NCC(=O)NCCCN(C)C)s1. The van der Waals surface area contributed by atoms with Crippen molar-refractivity contribution < 1.29 is 13.2 Å². The summed E-state index contributed by atoms with van der Waals surface area (Å²) in [6, 6.07) is 3.28. The summed E-state index contributed by atoms with van der Waals surface area (Å²) in [6.45, 7) is 3.01. The number of nitrogens with one attached hydrogen (secondary N) is 2. The molecule has 0 aliphatic heterocycles. The Kier molecular flexibility index (Phi) is 6.60. The summed E-state index contributed by atoms with van der Waals surface area (Å²) in [6.07, 6.45) is 0.829. The number of carbonyl (C=O) groups is 1. The number of carbonyl (C=O) groups excluding carboxylic acids is 1. The van der Waals surface area contributed by atoms with Crippen LogP contribution in [-0.2, 0) is 14.8 Å². The summed E-state index contributed by atoms with van der Waals surface area (Å²) in [4.78, 5) is 14.5. The van der Waals surface area contributed by atoms with Crippen molar-refractivity contribution in [1.29, 1.82) is 0 Å². The van der Waals surface area contributed by atoms with Crippen molar-refractivity contribution >= 4 is 27.3 Å². The average Bonchev–Trinajstić information content (AvgIpc) is 2.79. The van der Waals surface area contributed by atoms with E-state index in [-0.39, 0.29) is 16.7 Å². The van der Waals surface area contributed by atoms with E-state index in [4.69, 9.17) is 0 Å². The minimum absolute atomic E-state index is 0.232. The average molecular weight is 319 g/mol. The van der Waals surface area contributed by atoms with Gasteiger partial charge in [0, 0.05) is 11.4 Å². The molecule has 0 fully saturated rings. The van der Waals surface area contributed by atoms with Crippen molar-refractivity contribution in [2.24, 2.45) is 0 Å². The van der Waals surface area contributed by atoms with Crippen molar-refractivity contribution in [2.75, 3.05) is 33.7 Å². The number of sulfonamides is 1. The quantitative estimate of drug-likeness (QED) is 0.680. The third kappa shape index (κ3) is 6.00. The molecule has 0 spiro atoms. The maximum Gasteiger partial charge on any atom is 0.250 e. The highest BCUT2D eigenvalue weighted by Gasteiger charge is 2.16. The lowest BCUT2D eigenvalue weighted by atomic mass is 10.4. The monoisotopic (exact) mass is 319 g/mol. The molecule has 114 valence electrons. The smallest absolute Gasteiger partial charge is 0.250 e. The van der Waals surface area contributed by atoms with Crippen molar-refractivity contribution in [3.8, 4) is 0 Å². The van der Waals surface area contributed by atoms with E-state index in [0.717, 1.165) is 17.8 Å². The molecule has 0 aromatic carbocycles. The van der Waals surface area contributed by atoms with Crippen LogP contribution in [0.15, 0.2) is 16.3 Å². The summed E-state index contributed by atoms with van der Waals surface area (Å²) in [5.41, 5.74) is 0. The molecule has 6 nitrogen and oxygen atoms in total. The van der Waals surface area contributed by atoms with Crippen LogP contribution in [0.25, 0.3) is 0 Å². The molecule has 0 radical (unpaired) electrons. The maximum atomic E-state index is 11.9. The Balaban J connectivity index is 2.33. The summed E-state index contributed by atoms with van der Waals surface area (Å²) in [5, 5.41) is 2.68. The zero-order chi connectivity index (χ0) is 15.2. The van der Waals surface area contributed by atoms with Gasteiger partial charge in [-0.25, -0.2) is 13.1 Å². The maximum absolute atomic E-state index is 11.9. The van der Waals surface area contributed by atoms with Gasteiger partial charge in [-0.1, -0.05) is 0 Å². The van der Waals surface area contributed by atoms with Gasteiger partial charge >= 0.3 is 0 Å². The summed E-state index contributed by atoms with van der Waals surface area (Å²) < 4.78 is 26.3. The second-order valence-corrected chi connectivity index (χ2v) is 7.98. The van der Waals surface area contributed by atoms with Gasteiger partial charge in [0.15, 0.2) is 0 Å². The van der Waals surface area contributed by atoms with E-state index in [2.05, 4.69) is 10.0 Å². The Labute approximate surface area is 124 Å². The van der Waals surface area contributed by atoms with Gasteiger partial charge in [-0.15, -0.1) is 11.3 Å². The molecule has 1 rings (SSSR count). The molecular formula is C12H21N3O3S2. The van der Waals surface area contributed by atoms with Crippen LogP contribution < -0.4 is 10.0 Å². The molecule has 1 aromatic heterocycles. The van der Waals surface area contributed by atoms with Gasteiger partial charge in [-0.05, 0) is 46.1 Å². The fourth-order valence-electron chi connectivity index (χ4n) is 1.47. The molecule has 20 heavy (non-hydrogen) atoms. The fraction of sp³-hybridized carbons (Fsp3) is 0.583. The van der Waals surface area contributed by atoms with Gasteiger partial charge in [0.2, 0.25) is 5.91 Å². The molecule has 8 heteroatoms. The van der Waals surface area contributed by atoms with Gasteiger partial charge in [0.05, 0.1) is 6.54 Å². The lowest BCUT2D eigenvalue weighted by molar-refractivity contribution is -0.119. The number of thiophene rings is 1. The van der Waals surface area contributed by atoms with Crippen molar-refractivity contribution in [3.05, 3.63) is 17.0 Å². The molecule has 0 atom stereocenters. The van der Waals surface area contributed by atoms with Gasteiger partial charge in [0.25, 0.3) is 10.0 Å². The van der Waals surface area contributed by atoms with Crippen LogP contribution in [0.4, 0.5) is 0 Å². The predicted octanol–water partition coefficient (Wildman–Crippen LogP) is 0.403. The minimum Gasteiger partial charge on any atom is -0.355 e. The normalized spacial score (nSPS) is 11.8. The molecule has 2 N–H and O–H groups in total. The summed E-state index contributed by atoms with van der Waals surface area (Å²) in [5.74, 6) is -0.319. The van der Waals surface area contributed by atoms with Crippen LogP contribution in [0, 0.1) is 6.92 Å². The first-order valence-electron chi connectivity index (χ1n) is 6.29. The highest BCUT2D eigenvalue weighted by atomic mass is 32.2. The highest BCUT2D eigenvalue weighted by molar-refractivity contribution is 7.91. The Morgan fingerprint density at radius 2 is 2.05 bits per heavy atom. The molecule has 0 saturated heterocycles. The molecule has 0 bridgehead atoms. The van der Waals surface area contributed by atoms with Crippen LogP contribution in [0.2, 0.25) is 0 Å². The molecule has 0 unspecified atom stereocenters. The van der Waals surface area contributed by atoms with E-state index in [1.165, 1.54) is 17.4 Å². The first-order chi connectivity index (χ1) is 9.31. The molecule has 1 amide bonds. The standard InChI is InChI=1S/C12H21N3O3S2/c1-10-5-6-12(19-10)20(17,18)14-9-11(16)13-7-4-8-15(2)3/h5-6,14H,4,7-9H2,1-3H3,(H,13,16). The minimum atomic E-state index is -3.58. The lowest BCUT2D eigenvalue weighted by Crippen LogP contribution is -2.37. The summed E-state index contributed by atoms with van der Waals surface area (Å²) in [7, 11) is 0.336. The Morgan fingerprint density at radius 3 is 2.60 bits per heavy atom. The second-order valence-electron chi connectivity index (χ2n) is 4.70. The number of hydrogen-bond donors (Lipinski definition) is 2. The van der Waals surface area contributed by atoms with E-state index in [9.17, 15) is 13.2 Å². The van der Waals surface area contributed by atoms with E-state index < -0.39 is 10.0 Å². The largest absolute Gasteiger partial charge is 0.355 e. The molecule has 1 aromatic rings. The molecule has 0 aliphatic carbocycles. The number of rotatable bonds is 8. The first-order valence-corrected chi connectivity index (χ1v) is 8.59. The summed E-state index contributed by atoms with van der Waals surface area (Å²) >= 11 is 1.18. The van der Waals surface area contributed by atoms with Crippen LogP contribution in [0.1, 0.15) is 11.3 Å². The number of amides is 1. The van der Waals surface area contributed by atoms with Crippen LogP contribution in [-0.4, -0.2) is 53.0 Å². The first kappa shape index (κ1) is 17.1. The fourth-order valence-corrected chi connectivity index (χ4v) is 3.78. The third-order valence-corrected chi connectivity index (χ3v) is 5.40. The number of aryl methyl sites for hydroxylation is 1. The Hall–Kier alpha value is -0.960. The van der Waals surface area contributed by atoms with E-state index in [1.807, 2.05) is 25.9 Å².